The van der Waals surface area contributed by atoms with Gasteiger partial charge in [-0.2, -0.15) is 4.31 Å². The van der Waals surface area contributed by atoms with Crippen LogP contribution < -0.4 is 0 Å². The first-order valence-electron chi connectivity index (χ1n) is 8.90. The highest BCUT2D eigenvalue weighted by molar-refractivity contribution is 7.89. The van der Waals surface area contributed by atoms with Crippen LogP contribution in [0.3, 0.4) is 0 Å². The molecule has 0 radical (unpaired) electrons. The molecule has 0 saturated carbocycles. The molecule has 27 heavy (non-hydrogen) atoms. The van der Waals surface area contributed by atoms with Crippen LogP contribution in [-0.2, 0) is 10.0 Å². The number of sulfonamides is 1. The van der Waals surface area contributed by atoms with Gasteiger partial charge in [0.15, 0.2) is 0 Å². The zero-order chi connectivity index (χ0) is 19.8. The SMILES string of the molecule is Cc1ccc(S(=O)(=O)N2CCN(C(=O)c3nnc(C(C)C)o3)CC2)c(C)c1. The molecule has 0 spiro atoms. The first-order valence-corrected chi connectivity index (χ1v) is 10.3. The number of carbonyl (C=O) groups excluding carboxylic acids is 1. The van der Waals surface area contributed by atoms with Crippen LogP contribution in [-0.4, -0.2) is 59.9 Å². The van der Waals surface area contributed by atoms with E-state index in [1.54, 1.807) is 24.0 Å². The molecule has 1 amide bonds. The molecule has 0 aliphatic carbocycles. The Morgan fingerprint density at radius 2 is 1.78 bits per heavy atom. The lowest BCUT2D eigenvalue weighted by Crippen LogP contribution is -2.50. The summed E-state index contributed by atoms with van der Waals surface area (Å²) in [6, 6.07) is 5.29. The highest BCUT2D eigenvalue weighted by atomic mass is 32.2. The molecule has 8 nitrogen and oxygen atoms in total. The Bertz CT molecular complexity index is 944. The molecule has 1 aromatic heterocycles. The van der Waals surface area contributed by atoms with Crippen LogP contribution in [0, 0.1) is 13.8 Å². The molecule has 3 rings (SSSR count). The lowest BCUT2D eigenvalue weighted by molar-refractivity contribution is 0.0655. The number of nitrogens with zero attached hydrogens (tertiary/aromatic N) is 4. The molecular formula is C18H24N4O4S. The number of aromatic nitrogens is 2. The van der Waals surface area contributed by atoms with Gasteiger partial charge in [-0.05, 0) is 25.5 Å². The molecule has 1 aliphatic heterocycles. The third-order valence-corrected chi connectivity index (χ3v) is 6.65. The smallest absolute Gasteiger partial charge is 0.311 e. The summed E-state index contributed by atoms with van der Waals surface area (Å²) >= 11 is 0. The highest BCUT2D eigenvalue weighted by Crippen LogP contribution is 2.22. The van der Waals surface area contributed by atoms with Gasteiger partial charge in [0.05, 0.1) is 4.90 Å². The van der Waals surface area contributed by atoms with Crippen molar-refractivity contribution in [3.05, 3.63) is 41.1 Å². The lowest BCUT2D eigenvalue weighted by Gasteiger charge is -2.33. The van der Waals surface area contributed by atoms with E-state index in [0.717, 1.165) is 11.1 Å². The highest BCUT2D eigenvalue weighted by Gasteiger charge is 2.32. The summed E-state index contributed by atoms with van der Waals surface area (Å²) in [6.45, 7) is 8.54. The van der Waals surface area contributed by atoms with Gasteiger partial charge in [0.25, 0.3) is 0 Å². The van der Waals surface area contributed by atoms with Gasteiger partial charge >= 0.3 is 11.8 Å². The minimum absolute atomic E-state index is 0.0405. The van der Waals surface area contributed by atoms with E-state index < -0.39 is 10.0 Å². The second kappa shape index (κ2) is 7.40. The van der Waals surface area contributed by atoms with Crippen LogP contribution in [0.4, 0.5) is 0 Å². The summed E-state index contributed by atoms with van der Waals surface area (Å²) in [5, 5.41) is 7.68. The predicted octanol–water partition coefficient (Wildman–Crippen LogP) is 1.96. The third kappa shape index (κ3) is 3.89. The molecule has 0 atom stereocenters. The molecule has 1 aliphatic rings. The standard InChI is InChI=1S/C18H24N4O4S/c1-12(2)16-19-20-17(26-16)18(23)21-7-9-22(10-8-21)27(24,25)15-6-5-13(3)11-14(15)4/h5-6,11-12H,7-10H2,1-4H3. The minimum atomic E-state index is -3.59. The van der Waals surface area contributed by atoms with Crippen LogP contribution in [0.25, 0.3) is 0 Å². The molecule has 2 heterocycles. The first-order chi connectivity index (χ1) is 12.7. The molecule has 146 valence electrons. The van der Waals surface area contributed by atoms with Crippen molar-refractivity contribution in [2.75, 3.05) is 26.2 Å². The molecule has 9 heteroatoms. The van der Waals surface area contributed by atoms with Gasteiger partial charge in [-0.1, -0.05) is 31.5 Å². The fraction of sp³-hybridized carbons (Fsp3) is 0.500. The van der Waals surface area contributed by atoms with Gasteiger partial charge in [0, 0.05) is 32.1 Å². The number of amides is 1. The number of carbonyl (C=O) groups is 1. The summed E-state index contributed by atoms with van der Waals surface area (Å²) in [6.07, 6.45) is 0. The Hall–Kier alpha value is -2.26. The fourth-order valence-electron chi connectivity index (χ4n) is 3.05. The quantitative estimate of drug-likeness (QED) is 0.789. The zero-order valence-electron chi connectivity index (χ0n) is 16.0. The first kappa shape index (κ1) is 19.5. The molecule has 0 unspecified atom stereocenters. The lowest BCUT2D eigenvalue weighted by atomic mass is 10.2. The van der Waals surface area contributed by atoms with Crippen LogP contribution >= 0.6 is 0 Å². The summed E-state index contributed by atoms with van der Waals surface area (Å²) < 4.78 is 32.7. The molecule has 1 aromatic carbocycles. The van der Waals surface area contributed by atoms with Crippen LogP contribution in [0.15, 0.2) is 27.5 Å². The van der Waals surface area contributed by atoms with Crippen molar-refractivity contribution in [2.24, 2.45) is 0 Å². The van der Waals surface area contributed by atoms with Crippen molar-refractivity contribution in [3.63, 3.8) is 0 Å². The van der Waals surface area contributed by atoms with E-state index >= 15 is 0 Å². The number of piperazine rings is 1. The Labute approximate surface area is 159 Å². The Balaban J connectivity index is 1.69. The van der Waals surface area contributed by atoms with E-state index in [4.69, 9.17) is 4.42 Å². The van der Waals surface area contributed by atoms with E-state index in [1.165, 1.54) is 4.31 Å². The molecule has 0 N–H and O–H groups in total. The molecule has 1 fully saturated rings. The summed E-state index contributed by atoms with van der Waals surface area (Å²) in [5.41, 5.74) is 1.74. The number of benzene rings is 1. The van der Waals surface area contributed by atoms with Crippen molar-refractivity contribution in [2.45, 2.75) is 38.5 Å². The van der Waals surface area contributed by atoms with Crippen LogP contribution in [0.5, 0.6) is 0 Å². The zero-order valence-corrected chi connectivity index (χ0v) is 16.8. The molecular weight excluding hydrogens is 368 g/mol. The maximum Gasteiger partial charge on any atom is 0.311 e. The van der Waals surface area contributed by atoms with Crippen molar-refractivity contribution >= 4 is 15.9 Å². The topological polar surface area (TPSA) is 96.6 Å². The van der Waals surface area contributed by atoms with Gasteiger partial charge in [-0.3, -0.25) is 4.79 Å². The Morgan fingerprint density at radius 3 is 2.33 bits per heavy atom. The van der Waals surface area contributed by atoms with Gasteiger partial charge < -0.3 is 9.32 Å². The fourth-order valence-corrected chi connectivity index (χ4v) is 4.68. The Morgan fingerprint density at radius 1 is 1.11 bits per heavy atom. The average Bonchev–Trinajstić information content (AvgIpc) is 3.11. The largest absolute Gasteiger partial charge is 0.417 e. The van der Waals surface area contributed by atoms with E-state index in [9.17, 15) is 13.2 Å². The normalized spacial score (nSPS) is 16.1. The van der Waals surface area contributed by atoms with E-state index in [0.29, 0.717) is 10.8 Å². The summed E-state index contributed by atoms with van der Waals surface area (Å²) in [7, 11) is -3.59. The van der Waals surface area contributed by atoms with Crippen molar-refractivity contribution in [1.82, 2.24) is 19.4 Å². The van der Waals surface area contributed by atoms with E-state index in [-0.39, 0.29) is 43.9 Å². The van der Waals surface area contributed by atoms with Crippen molar-refractivity contribution in [3.8, 4) is 0 Å². The summed E-state index contributed by atoms with van der Waals surface area (Å²) in [4.78, 5) is 14.4. The second-order valence-corrected chi connectivity index (χ2v) is 8.97. The Kier molecular flexibility index (Phi) is 5.34. The summed E-state index contributed by atoms with van der Waals surface area (Å²) in [5.74, 6) is 0.0375. The van der Waals surface area contributed by atoms with Gasteiger partial charge in [0.2, 0.25) is 15.9 Å². The number of hydrogen-bond donors (Lipinski definition) is 0. The number of rotatable bonds is 4. The van der Waals surface area contributed by atoms with Crippen molar-refractivity contribution in [1.29, 1.82) is 0 Å². The van der Waals surface area contributed by atoms with Crippen molar-refractivity contribution < 1.29 is 17.6 Å². The monoisotopic (exact) mass is 392 g/mol. The van der Waals surface area contributed by atoms with Gasteiger partial charge in [-0.15, -0.1) is 10.2 Å². The van der Waals surface area contributed by atoms with Gasteiger partial charge in [0.1, 0.15) is 0 Å². The van der Waals surface area contributed by atoms with Crippen LogP contribution in [0.2, 0.25) is 0 Å². The third-order valence-electron chi connectivity index (χ3n) is 4.59. The predicted molar refractivity (Wildman–Crippen MR) is 99.0 cm³/mol. The second-order valence-electron chi connectivity index (χ2n) is 7.07. The molecule has 1 saturated heterocycles. The number of hydrogen-bond acceptors (Lipinski definition) is 6. The van der Waals surface area contributed by atoms with E-state index in [2.05, 4.69) is 10.2 Å². The maximum absolute atomic E-state index is 12.9. The minimum Gasteiger partial charge on any atom is -0.417 e. The molecule has 2 aromatic rings. The van der Waals surface area contributed by atoms with Crippen LogP contribution in [0.1, 0.15) is 47.5 Å². The molecule has 0 bridgehead atoms. The van der Waals surface area contributed by atoms with E-state index in [1.807, 2.05) is 26.8 Å². The average molecular weight is 392 g/mol. The van der Waals surface area contributed by atoms with Gasteiger partial charge in [-0.25, -0.2) is 8.42 Å². The number of aryl methyl sites for hydroxylation is 2. The maximum atomic E-state index is 12.9.